The molecule has 1 aromatic carbocycles. The van der Waals surface area contributed by atoms with Crippen molar-refractivity contribution in [3.05, 3.63) is 38.5 Å². The summed E-state index contributed by atoms with van der Waals surface area (Å²) in [5, 5.41) is 3.77. The Balaban J connectivity index is 1.82. The van der Waals surface area contributed by atoms with Gasteiger partial charge in [-0.05, 0) is 49.5 Å². The van der Waals surface area contributed by atoms with Gasteiger partial charge in [0.25, 0.3) is 5.56 Å². The molecule has 0 radical (unpaired) electrons. The number of rotatable bonds is 2. The van der Waals surface area contributed by atoms with Crippen LogP contribution in [0.1, 0.15) is 25.3 Å². The van der Waals surface area contributed by atoms with Crippen LogP contribution in [0.2, 0.25) is 0 Å². The van der Waals surface area contributed by atoms with Crippen LogP contribution in [0.3, 0.4) is 0 Å². The molecule has 3 heterocycles. The number of aromatic amines is 1. The zero-order chi connectivity index (χ0) is 17.8. The van der Waals surface area contributed by atoms with Gasteiger partial charge in [-0.1, -0.05) is 0 Å². The highest BCUT2D eigenvalue weighted by Crippen LogP contribution is 2.40. The van der Waals surface area contributed by atoms with E-state index in [2.05, 4.69) is 14.3 Å². The molecule has 1 aliphatic carbocycles. The van der Waals surface area contributed by atoms with E-state index >= 15 is 0 Å². The second-order valence-corrected chi connectivity index (χ2v) is 7.85. The summed E-state index contributed by atoms with van der Waals surface area (Å²) < 4.78 is 19.6. The molecule has 1 saturated heterocycles. The highest BCUT2D eigenvalue weighted by molar-refractivity contribution is 7.12. The average Bonchev–Trinajstić information content (AvgIpc) is 3.42. The van der Waals surface area contributed by atoms with Crippen LogP contribution in [0.4, 0.5) is 10.1 Å². The molecule has 5 rings (SSSR count). The van der Waals surface area contributed by atoms with Crippen LogP contribution in [0.5, 0.6) is 0 Å². The lowest BCUT2D eigenvalue weighted by Crippen LogP contribution is -2.29. The fourth-order valence-electron chi connectivity index (χ4n) is 3.86. The summed E-state index contributed by atoms with van der Waals surface area (Å²) in [4.78, 5) is 27.7. The van der Waals surface area contributed by atoms with Crippen molar-refractivity contribution in [2.75, 3.05) is 31.1 Å². The van der Waals surface area contributed by atoms with Crippen molar-refractivity contribution in [3.8, 4) is 0 Å². The van der Waals surface area contributed by atoms with Gasteiger partial charge in [0.1, 0.15) is 16.0 Å². The van der Waals surface area contributed by atoms with Crippen LogP contribution in [0.15, 0.2) is 21.7 Å². The summed E-state index contributed by atoms with van der Waals surface area (Å²) in [7, 11) is 0. The van der Waals surface area contributed by atoms with Gasteiger partial charge in [-0.25, -0.2) is 4.39 Å². The van der Waals surface area contributed by atoms with Crippen LogP contribution < -0.4 is 21.2 Å². The predicted molar refractivity (Wildman–Crippen MR) is 102 cm³/mol. The number of hydrogen-bond donors (Lipinski definition) is 2. The van der Waals surface area contributed by atoms with E-state index in [1.165, 1.54) is 17.6 Å². The predicted octanol–water partition coefficient (Wildman–Crippen LogP) is 2.18. The van der Waals surface area contributed by atoms with Crippen LogP contribution >= 0.6 is 11.5 Å². The first-order valence-electron chi connectivity index (χ1n) is 9.00. The molecule has 136 valence electrons. The number of aromatic nitrogens is 2. The van der Waals surface area contributed by atoms with E-state index in [4.69, 9.17) is 0 Å². The van der Waals surface area contributed by atoms with Gasteiger partial charge in [0, 0.05) is 31.1 Å². The topological polar surface area (TPSA) is 70.1 Å². The minimum absolute atomic E-state index is 0.153. The summed E-state index contributed by atoms with van der Waals surface area (Å²) in [6.07, 6.45) is 2.98. The number of pyridine rings is 1. The summed E-state index contributed by atoms with van der Waals surface area (Å²) >= 11 is 1.19. The first kappa shape index (κ1) is 16.0. The molecule has 0 amide bonds. The van der Waals surface area contributed by atoms with Crippen molar-refractivity contribution in [2.24, 2.45) is 0 Å². The Hall–Kier alpha value is -2.19. The first-order chi connectivity index (χ1) is 12.6. The fraction of sp³-hybridized carbons (Fsp3) is 0.444. The molecule has 0 spiro atoms. The van der Waals surface area contributed by atoms with Crippen LogP contribution in [0, 0.1) is 5.82 Å². The Morgan fingerprint density at radius 3 is 2.81 bits per heavy atom. The molecular formula is C18H19FN4O2S. The lowest BCUT2D eigenvalue weighted by molar-refractivity contribution is 0.619. The van der Waals surface area contributed by atoms with Crippen molar-refractivity contribution in [2.45, 2.75) is 25.3 Å². The lowest BCUT2D eigenvalue weighted by atomic mass is 10.1. The van der Waals surface area contributed by atoms with Crippen molar-refractivity contribution in [1.29, 1.82) is 0 Å². The zero-order valence-electron chi connectivity index (χ0n) is 14.2. The smallest absolute Gasteiger partial charge is 0.271 e. The summed E-state index contributed by atoms with van der Waals surface area (Å²) in [5.41, 5.74) is 0.512. The maximum atomic E-state index is 14.9. The van der Waals surface area contributed by atoms with Crippen LogP contribution in [-0.2, 0) is 0 Å². The second-order valence-electron chi connectivity index (χ2n) is 7.06. The third-order valence-corrected chi connectivity index (χ3v) is 6.17. The molecule has 1 saturated carbocycles. The second kappa shape index (κ2) is 5.92. The molecular weight excluding hydrogens is 355 g/mol. The number of hydrogen-bond acceptors (Lipinski definition) is 5. The van der Waals surface area contributed by atoms with E-state index in [1.807, 2.05) is 4.90 Å². The monoisotopic (exact) mass is 374 g/mol. The van der Waals surface area contributed by atoms with E-state index < -0.39 is 5.82 Å². The van der Waals surface area contributed by atoms with Gasteiger partial charge in [-0.2, -0.15) is 0 Å². The lowest BCUT2D eigenvalue weighted by Gasteiger charge is -2.24. The normalized spacial score (nSPS) is 18.6. The van der Waals surface area contributed by atoms with Crippen LogP contribution in [0.25, 0.3) is 21.1 Å². The third kappa shape index (κ3) is 2.39. The SMILES string of the molecule is O=c1[nH]sc2c1c(=O)c1cc(F)c(N3CCCNCC3)cc1n2C1CC1. The van der Waals surface area contributed by atoms with Crippen molar-refractivity contribution in [3.63, 3.8) is 0 Å². The highest BCUT2D eigenvalue weighted by atomic mass is 32.1. The number of benzene rings is 1. The Morgan fingerprint density at radius 2 is 2.00 bits per heavy atom. The Labute approximate surface area is 152 Å². The van der Waals surface area contributed by atoms with Gasteiger partial charge in [-0.15, -0.1) is 0 Å². The highest BCUT2D eigenvalue weighted by Gasteiger charge is 2.29. The molecule has 2 aliphatic rings. The van der Waals surface area contributed by atoms with Crippen LogP contribution in [-0.4, -0.2) is 35.1 Å². The van der Waals surface area contributed by atoms with Gasteiger partial charge in [0.2, 0.25) is 5.43 Å². The van der Waals surface area contributed by atoms with Gasteiger partial charge in [-0.3, -0.25) is 14.0 Å². The fourth-order valence-corrected chi connectivity index (χ4v) is 4.79. The van der Waals surface area contributed by atoms with Crippen molar-refractivity contribution < 1.29 is 4.39 Å². The van der Waals surface area contributed by atoms with Crippen molar-refractivity contribution >= 4 is 38.3 Å². The minimum atomic E-state index is -0.398. The van der Waals surface area contributed by atoms with E-state index in [0.29, 0.717) is 15.9 Å². The molecule has 0 unspecified atom stereocenters. The number of fused-ring (bicyclic) bond motifs is 2. The van der Waals surface area contributed by atoms with Gasteiger partial charge in [0.05, 0.1) is 11.2 Å². The molecule has 8 heteroatoms. The van der Waals surface area contributed by atoms with E-state index in [-0.39, 0.29) is 22.4 Å². The quantitative estimate of drug-likeness (QED) is 0.721. The Bertz CT molecular complexity index is 1120. The maximum absolute atomic E-state index is 14.9. The number of halogens is 1. The minimum Gasteiger partial charge on any atom is -0.368 e. The van der Waals surface area contributed by atoms with E-state index in [1.54, 1.807) is 6.07 Å². The van der Waals surface area contributed by atoms with Gasteiger partial charge >= 0.3 is 0 Å². The Kier molecular flexibility index (Phi) is 3.65. The van der Waals surface area contributed by atoms with Gasteiger partial charge < -0.3 is 14.8 Å². The van der Waals surface area contributed by atoms with E-state index in [0.717, 1.165) is 51.0 Å². The molecule has 0 bridgehead atoms. The average molecular weight is 374 g/mol. The number of anilines is 1. The Morgan fingerprint density at radius 1 is 1.15 bits per heavy atom. The number of nitrogens with zero attached hydrogens (tertiary/aromatic N) is 2. The van der Waals surface area contributed by atoms with E-state index in [9.17, 15) is 14.0 Å². The van der Waals surface area contributed by atoms with Crippen molar-refractivity contribution in [1.82, 2.24) is 14.3 Å². The molecule has 3 aromatic rings. The molecule has 2 N–H and O–H groups in total. The molecule has 6 nitrogen and oxygen atoms in total. The molecule has 1 aliphatic heterocycles. The largest absolute Gasteiger partial charge is 0.368 e. The summed E-state index contributed by atoms with van der Waals surface area (Å²) in [6.45, 7) is 3.25. The number of H-pyrrole nitrogens is 1. The number of nitrogens with one attached hydrogen (secondary N) is 2. The van der Waals surface area contributed by atoms with Gasteiger partial charge in [0.15, 0.2) is 0 Å². The first-order valence-corrected chi connectivity index (χ1v) is 9.81. The standard InChI is InChI=1S/C18H19FN4O2S/c19-12-8-11-13(9-14(12)22-6-1-4-20-5-7-22)23(10-2-3-10)18-15(16(11)24)17(25)21-26-18/h8-10,20H,1-7H2,(H,21,25). The zero-order valence-corrected chi connectivity index (χ0v) is 15.0. The summed E-state index contributed by atoms with van der Waals surface area (Å²) in [5.74, 6) is -0.398. The summed E-state index contributed by atoms with van der Waals surface area (Å²) in [6, 6.07) is 3.40. The molecule has 0 atom stereocenters. The molecule has 26 heavy (non-hydrogen) atoms. The maximum Gasteiger partial charge on any atom is 0.271 e. The third-order valence-electron chi connectivity index (χ3n) is 5.29. The molecule has 2 fully saturated rings. The molecule has 2 aromatic heterocycles.